The summed E-state index contributed by atoms with van der Waals surface area (Å²) in [5, 5.41) is 0.255. The topological polar surface area (TPSA) is 34.1 Å². The highest BCUT2D eigenvalue weighted by Crippen LogP contribution is 2.21. The molecule has 0 aromatic heterocycles. The second-order valence-electron chi connectivity index (χ2n) is 3.95. The summed E-state index contributed by atoms with van der Waals surface area (Å²) in [6.07, 6.45) is 0. The second-order valence-corrected chi connectivity index (χ2v) is 6.37. The molecule has 2 aromatic rings. The quantitative estimate of drug-likeness (QED) is 0.812. The lowest BCUT2D eigenvalue weighted by Crippen LogP contribution is -2.06. The van der Waals surface area contributed by atoms with E-state index in [1.165, 1.54) is 12.1 Å². The summed E-state index contributed by atoms with van der Waals surface area (Å²) < 4.78 is 50.3. The highest BCUT2D eigenvalue weighted by Gasteiger charge is 2.18. The van der Waals surface area contributed by atoms with E-state index in [1.54, 1.807) is 0 Å². The van der Waals surface area contributed by atoms with Crippen molar-refractivity contribution >= 4 is 21.4 Å². The Hall–Kier alpha value is -1.46. The van der Waals surface area contributed by atoms with Crippen LogP contribution in [-0.2, 0) is 15.6 Å². The van der Waals surface area contributed by atoms with E-state index in [-0.39, 0.29) is 15.5 Å². The molecule has 0 radical (unpaired) electrons. The number of hydrogen-bond acceptors (Lipinski definition) is 2. The number of hydrogen-bond donors (Lipinski definition) is 0. The molecule has 0 bridgehead atoms. The van der Waals surface area contributed by atoms with Crippen molar-refractivity contribution in [1.29, 1.82) is 0 Å². The van der Waals surface area contributed by atoms with Crippen molar-refractivity contribution < 1.29 is 17.2 Å². The maximum Gasteiger partial charge on any atom is 0.182 e. The predicted molar refractivity (Wildman–Crippen MR) is 68.7 cm³/mol. The molecule has 0 unspecified atom stereocenters. The van der Waals surface area contributed by atoms with Crippen LogP contribution < -0.4 is 0 Å². The molecule has 2 nitrogen and oxygen atoms in total. The molecule has 100 valence electrons. The van der Waals surface area contributed by atoms with Gasteiger partial charge in [-0.2, -0.15) is 0 Å². The lowest BCUT2D eigenvalue weighted by molar-refractivity contribution is 0.586. The molecule has 0 saturated carbocycles. The third-order valence-corrected chi connectivity index (χ3v) is 4.44. The first kappa shape index (κ1) is 14.0. The van der Waals surface area contributed by atoms with Crippen molar-refractivity contribution in [2.24, 2.45) is 0 Å². The van der Waals surface area contributed by atoms with Gasteiger partial charge in [0.1, 0.15) is 11.6 Å². The third kappa shape index (κ3) is 3.30. The zero-order valence-electron chi connectivity index (χ0n) is 9.61. The molecular weight excluding hydrogens is 294 g/mol. The summed E-state index contributed by atoms with van der Waals surface area (Å²) in [6.45, 7) is 0. The fourth-order valence-corrected chi connectivity index (χ4v) is 3.13. The lowest BCUT2D eigenvalue weighted by Gasteiger charge is -2.06. The van der Waals surface area contributed by atoms with E-state index in [9.17, 15) is 17.2 Å². The van der Waals surface area contributed by atoms with Crippen molar-refractivity contribution in [2.75, 3.05) is 0 Å². The molecule has 0 aliphatic rings. The first-order valence-electron chi connectivity index (χ1n) is 5.31. The van der Waals surface area contributed by atoms with Crippen molar-refractivity contribution in [3.8, 4) is 0 Å². The Labute approximate surface area is 114 Å². The van der Waals surface area contributed by atoms with Crippen LogP contribution in [0.4, 0.5) is 8.78 Å². The minimum Gasteiger partial charge on any atom is -0.223 e. The minimum atomic E-state index is -3.73. The Morgan fingerprint density at radius 1 is 1.00 bits per heavy atom. The Kier molecular flexibility index (Phi) is 3.87. The third-order valence-electron chi connectivity index (χ3n) is 2.53. The van der Waals surface area contributed by atoms with E-state index in [0.29, 0.717) is 0 Å². The van der Waals surface area contributed by atoms with Gasteiger partial charge in [0.15, 0.2) is 9.84 Å². The van der Waals surface area contributed by atoms with Crippen LogP contribution in [-0.4, -0.2) is 8.42 Å². The van der Waals surface area contributed by atoms with Gasteiger partial charge in [-0.1, -0.05) is 11.6 Å². The summed E-state index contributed by atoms with van der Waals surface area (Å²) in [7, 11) is -3.73. The average molecular weight is 303 g/mol. The van der Waals surface area contributed by atoms with Crippen LogP contribution in [0.2, 0.25) is 5.02 Å². The van der Waals surface area contributed by atoms with E-state index in [0.717, 1.165) is 30.3 Å². The molecule has 0 N–H and O–H groups in total. The van der Waals surface area contributed by atoms with Crippen molar-refractivity contribution in [3.63, 3.8) is 0 Å². The second kappa shape index (κ2) is 5.27. The van der Waals surface area contributed by atoms with Crippen LogP contribution in [0.5, 0.6) is 0 Å². The first-order valence-corrected chi connectivity index (χ1v) is 7.34. The molecule has 0 spiro atoms. The maximum absolute atomic E-state index is 13.5. The Morgan fingerprint density at radius 2 is 1.63 bits per heavy atom. The van der Waals surface area contributed by atoms with E-state index in [1.807, 2.05) is 0 Å². The molecule has 0 aliphatic carbocycles. The van der Waals surface area contributed by atoms with Crippen molar-refractivity contribution in [2.45, 2.75) is 10.6 Å². The molecule has 0 aliphatic heterocycles. The zero-order chi connectivity index (χ0) is 14.0. The summed E-state index contributed by atoms with van der Waals surface area (Å²) in [5.74, 6) is -1.70. The van der Waals surface area contributed by atoms with Gasteiger partial charge in [-0.25, -0.2) is 17.2 Å². The zero-order valence-corrected chi connectivity index (χ0v) is 11.2. The number of benzene rings is 2. The smallest absolute Gasteiger partial charge is 0.182 e. The van der Waals surface area contributed by atoms with Gasteiger partial charge in [0.25, 0.3) is 0 Å². The normalized spacial score (nSPS) is 11.5. The fourth-order valence-electron chi connectivity index (χ4n) is 1.58. The fraction of sp³-hybridized carbons (Fsp3) is 0.0769. The molecule has 19 heavy (non-hydrogen) atoms. The van der Waals surface area contributed by atoms with Gasteiger partial charge in [-0.15, -0.1) is 0 Å². The minimum absolute atomic E-state index is 0.0168. The van der Waals surface area contributed by atoms with E-state index < -0.39 is 27.2 Å². The molecule has 0 fully saturated rings. The van der Waals surface area contributed by atoms with Crippen LogP contribution in [0, 0.1) is 11.6 Å². The maximum atomic E-state index is 13.5. The molecule has 2 aromatic carbocycles. The molecular formula is C13H9ClF2O2S. The Balaban J connectivity index is 2.36. The van der Waals surface area contributed by atoms with Gasteiger partial charge < -0.3 is 0 Å². The highest BCUT2D eigenvalue weighted by molar-refractivity contribution is 7.90. The van der Waals surface area contributed by atoms with E-state index in [2.05, 4.69) is 0 Å². The molecule has 0 saturated heterocycles. The van der Waals surface area contributed by atoms with Gasteiger partial charge in [0, 0.05) is 10.6 Å². The van der Waals surface area contributed by atoms with Gasteiger partial charge >= 0.3 is 0 Å². The van der Waals surface area contributed by atoms with Crippen molar-refractivity contribution in [3.05, 3.63) is 64.7 Å². The van der Waals surface area contributed by atoms with Gasteiger partial charge in [-0.3, -0.25) is 0 Å². The summed E-state index contributed by atoms with van der Waals surface area (Å²) in [4.78, 5) is -0.0618. The molecule has 0 atom stereocenters. The van der Waals surface area contributed by atoms with Crippen LogP contribution in [0.1, 0.15) is 5.56 Å². The number of sulfone groups is 1. The summed E-state index contributed by atoms with van der Waals surface area (Å²) in [6, 6.07) is 8.09. The van der Waals surface area contributed by atoms with Gasteiger partial charge in [-0.05, 0) is 42.5 Å². The number of rotatable bonds is 3. The standard InChI is InChI=1S/C13H9ClF2O2S/c14-10-1-6-13(16)9(7-10)8-19(17,18)12-4-2-11(15)3-5-12/h1-7H,8H2. The largest absolute Gasteiger partial charge is 0.223 e. The summed E-state index contributed by atoms with van der Waals surface area (Å²) >= 11 is 5.70. The average Bonchev–Trinajstić information content (AvgIpc) is 2.34. The summed E-state index contributed by atoms with van der Waals surface area (Å²) in [5.41, 5.74) is -0.0168. The van der Waals surface area contributed by atoms with Crippen LogP contribution in [0.3, 0.4) is 0 Å². The molecule has 0 amide bonds. The number of halogens is 3. The van der Waals surface area contributed by atoms with E-state index >= 15 is 0 Å². The molecule has 0 heterocycles. The van der Waals surface area contributed by atoms with E-state index in [4.69, 9.17) is 11.6 Å². The Morgan fingerprint density at radius 3 is 2.26 bits per heavy atom. The predicted octanol–water partition coefficient (Wildman–Crippen LogP) is 3.59. The Bertz CT molecular complexity index is 697. The lowest BCUT2D eigenvalue weighted by atomic mass is 10.2. The van der Waals surface area contributed by atoms with Gasteiger partial charge in [0.05, 0.1) is 10.6 Å². The monoisotopic (exact) mass is 302 g/mol. The SMILES string of the molecule is O=S(=O)(Cc1cc(Cl)ccc1F)c1ccc(F)cc1. The van der Waals surface area contributed by atoms with Crippen LogP contribution in [0.15, 0.2) is 47.4 Å². The highest BCUT2D eigenvalue weighted by atomic mass is 35.5. The first-order chi connectivity index (χ1) is 8.88. The van der Waals surface area contributed by atoms with Crippen LogP contribution in [0.25, 0.3) is 0 Å². The van der Waals surface area contributed by atoms with Gasteiger partial charge in [0.2, 0.25) is 0 Å². The molecule has 6 heteroatoms. The van der Waals surface area contributed by atoms with Crippen LogP contribution >= 0.6 is 11.6 Å². The molecule has 2 rings (SSSR count). The van der Waals surface area contributed by atoms with Crippen molar-refractivity contribution in [1.82, 2.24) is 0 Å².